The summed E-state index contributed by atoms with van der Waals surface area (Å²) in [4.78, 5) is 28.4. The van der Waals surface area contributed by atoms with Crippen LogP contribution < -0.4 is 19.8 Å². The average Bonchev–Trinajstić information content (AvgIpc) is 3.46. The molecule has 1 unspecified atom stereocenters. The summed E-state index contributed by atoms with van der Waals surface area (Å²) < 4.78 is 34.4. The van der Waals surface area contributed by atoms with Gasteiger partial charge >= 0.3 is 0 Å². The minimum atomic E-state index is -3.66. The van der Waals surface area contributed by atoms with Crippen molar-refractivity contribution < 1.29 is 17.9 Å². The van der Waals surface area contributed by atoms with Crippen molar-refractivity contribution in [3.63, 3.8) is 0 Å². The lowest BCUT2D eigenvalue weighted by Gasteiger charge is -2.34. The number of carbonyl (C=O) groups excluding carboxylic acids is 1. The molecule has 3 N–H and O–H groups in total. The topological polar surface area (TPSA) is 133 Å². The number of anilines is 3. The number of carbonyl (C=O) groups is 1. The van der Waals surface area contributed by atoms with Crippen LogP contribution in [0.4, 0.5) is 17.2 Å². The third kappa shape index (κ3) is 6.81. The first-order valence-electron chi connectivity index (χ1n) is 14.4. The number of rotatable bonds is 9. The first-order valence-corrected chi connectivity index (χ1v) is 16.1. The van der Waals surface area contributed by atoms with Gasteiger partial charge in [-0.2, -0.15) is 0 Å². The molecule has 1 amide bonds. The number of aromatic nitrogens is 3. The van der Waals surface area contributed by atoms with Crippen LogP contribution in [-0.4, -0.2) is 74.7 Å². The van der Waals surface area contributed by atoms with E-state index < -0.39 is 10.0 Å². The molecule has 2 aromatic carbocycles. The molecule has 2 aliphatic rings. The van der Waals surface area contributed by atoms with E-state index >= 15 is 0 Å². The Hall–Kier alpha value is -4.42. The van der Waals surface area contributed by atoms with Gasteiger partial charge in [-0.05, 0) is 60.4 Å². The van der Waals surface area contributed by atoms with Crippen LogP contribution in [0.5, 0.6) is 0 Å². The van der Waals surface area contributed by atoms with Gasteiger partial charge < -0.3 is 24.8 Å². The van der Waals surface area contributed by atoms with Gasteiger partial charge in [-0.15, -0.1) is 0 Å². The standard InChI is InChI=1S/C31H35N7O4S/c1-2-29(39)34-25-6-4-12-38(19-25)26-7-3-5-22(17-26)20-43(40,41)36-24-10-8-23(9-11-24)28-18-27-30(35-28)32-21-33-31(27)37-13-15-42-16-14-37/h2-3,5,7-11,17-18,21,25,36H,1,4,6,12-16,19-20H2,(H,34,39)(H,32,33,35). The summed E-state index contributed by atoms with van der Waals surface area (Å²) in [6.45, 7) is 7.93. The van der Waals surface area contributed by atoms with Crippen molar-refractivity contribution >= 4 is 44.2 Å². The predicted molar refractivity (Wildman–Crippen MR) is 169 cm³/mol. The summed E-state index contributed by atoms with van der Waals surface area (Å²) in [6.07, 6.45) is 4.68. The number of H-pyrrole nitrogens is 1. The Kier molecular flexibility index (Phi) is 8.30. The minimum Gasteiger partial charge on any atom is -0.378 e. The van der Waals surface area contributed by atoms with Gasteiger partial charge in [0.2, 0.25) is 15.9 Å². The zero-order valence-electron chi connectivity index (χ0n) is 23.8. The lowest BCUT2D eigenvalue weighted by atomic mass is 10.0. The number of amides is 1. The van der Waals surface area contributed by atoms with Crippen LogP contribution >= 0.6 is 0 Å². The van der Waals surface area contributed by atoms with E-state index in [9.17, 15) is 13.2 Å². The molecule has 2 aromatic heterocycles. The number of morpholine rings is 1. The summed E-state index contributed by atoms with van der Waals surface area (Å²) in [5.74, 6) is 0.543. The molecular formula is C31H35N7O4S. The number of sulfonamides is 1. The minimum absolute atomic E-state index is 0.0281. The molecule has 43 heavy (non-hydrogen) atoms. The number of hydrogen-bond acceptors (Lipinski definition) is 8. The molecule has 6 rings (SSSR count). The summed E-state index contributed by atoms with van der Waals surface area (Å²) in [6, 6.07) is 16.9. The lowest BCUT2D eigenvalue weighted by Crippen LogP contribution is -2.47. The summed E-state index contributed by atoms with van der Waals surface area (Å²) in [7, 11) is -3.66. The Bertz CT molecular complexity index is 1720. The molecule has 2 aliphatic heterocycles. The van der Waals surface area contributed by atoms with Crippen molar-refractivity contribution in [3.8, 4) is 11.3 Å². The summed E-state index contributed by atoms with van der Waals surface area (Å²) >= 11 is 0. The maximum atomic E-state index is 13.1. The molecule has 12 heteroatoms. The molecule has 2 fully saturated rings. The van der Waals surface area contributed by atoms with E-state index in [1.165, 1.54) is 6.08 Å². The van der Waals surface area contributed by atoms with Gasteiger partial charge in [0.05, 0.1) is 24.4 Å². The molecule has 0 aliphatic carbocycles. The largest absolute Gasteiger partial charge is 0.378 e. The molecule has 4 aromatic rings. The van der Waals surface area contributed by atoms with Crippen molar-refractivity contribution in [1.82, 2.24) is 20.3 Å². The van der Waals surface area contributed by atoms with Gasteiger partial charge in [-0.1, -0.05) is 30.8 Å². The first-order chi connectivity index (χ1) is 20.9. The van der Waals surface area contributed by atoms with Gasteiger partial charge in [-0.25, -0.2) is 18.4 Å². The smallest absolute Gasteiger partial charge is 0.243 e. The highest BCUT2D eigenvalue weighted by atomic mass is 32.2. The molecule has 2 saturated heterocycles. The van der Waals surface area contributed by atoms with Crippen LogP contribution in [-0.2, 0) is 25.3 Å². The number of aromatic amines is 1. The van der Waals surface area contributed by atoms with Crippen LogP contribution in [0.3, 0.4) is 0 Å². The van der Waals surface area contributed by atoms with Crippen LogP contribution in [0.25, 0.3) is 22.3 Å². The normalized spacial score (nSPS) is 17.5. The molecule has 4 heterocycles. The number of hydrogen-bond donors (Lipinski definition) is 3. The molecular weight excluding hydrogens is 566 g/mol. The van der Waals surface area contributed by atoms with Crippen molar-refractivity contribution in [2.45, 2.75) is 24.6 Å². The summed E-state index contributed by atoms with van der Waals surface area (Å²) in [5.41, 5.74) is 4.65. The molecule has 0 spiro atoms. The third-order valence-corrected chi connectivity index (χ3v) is 9.03. The molecule has 224 valence electrons. The number of piperidine rings is 1. The zero-order valence-corrected chi connectivity index (χ0v) is 24.6. The number of fused-ring (bicyclic) bond motifs is 1. The van der Waals surface area contributed by atoms with Crippen molar-refractivity contribution in [3.05, 3.63) is 79.1 Å². The van der Waals surface area contributed by atoms with Crippen LogP contribution in [0.2, 0.25) is 0 Å². The van der Waals surface area contributed by atoms with E-state index in [-0.39, 0.29) is 17.7 Å². The second-order valence-corrected chi connectivity index (χ2v) is 12.6. The monoisotopic (exact) mass is 601 g/mol. The predicted octanol–water partition coefficient (Wildman–Crippen LogP) is 3.67. The maximum absolute atomic E-state index is 13.1. The Balaban J connectivity index is 1.12. The van der Waals surface area contributed by atoms with E-state index in [2.05, 4.69) is 41.4 Å². The fraction of sp³-hybridized carbons (Fsp3) is 0.323. The molecule has 0 saturated carbocycles. The van der Waals surface area contributed by atoms with E-state index in [4.69, 9.17) is 4.74 Å². The number of benzene rings is 2. The van der Waals surface area contributed by atoms with Gasteiger partial charge in [0.15, 0.2) is 0 Å². The highest BCUT2D eigenvalue weighted by Crippen LogP contribution is 2.30. The highest BCUT2D eigenvalue weighted by Gasteiger charge is 2.22. The number of nitrogens with one attached hydrogen (secondary N) is 3. The van der Waals surface area contributed by atoms with Gasteiger partial charge in [0, 0.05) is 49.3 Å². The fourth-order valence-corrected chi connectivity index (χ4v) is 6.88. The zero-order chi connectivity index (χ0) is 29.8. The van der Waals surface area contributed by atoms with Crippen molar-refractivity contribution in [2.75, 3.05) is 53.9 Å². The van der Waals surface area contributed by atoms with E-state index in [0.29, 0.717) is 31.0 Å². The molecule has 1 atom stereocenters. The van der Waals surface area contributed by atoms with E-state index in [0.717, 1.165) is 66.3 Å². The molecule has 0 bridgehead atoms. The van der Waals surface area contributed by atoms with Gasteiger partial charge in [0.1, 0.15) is 17.8 Å². The Morgan fingerprint density at radius 3 is 2.67 bits per heavy atom. The number of nitrogens with zero attached hydrogens (tertiary/aromatic N) is 4. The lowest BCUT2D eigenvalue weighted by molar-refractivity contribution is -0.117. The number of ether oxygens (including phenoxy) is 1. The van der Waals surface area contributed by atoms with Gasteiger partial charge in [0.25, 0.3) is 0 Å². The third-order valence-electron chi connectivity index (χ3n) is 7.77. The Labute approximate surface area is 251 Å². The summed E-state index contributed by atoms with van der Waals surface area (Å²) in [5, 5.41) is 3.90. The quantitative estimate of drug-likeness (QED) is 0.248. The second kappa shape index (κ2) is 12.4. The SMILES string of the molecule is C=CC(=O)NC1CCCN(c2cccc(CS(=O)(=O)Nc3ccc(-c4cc5c(N6CCOCC6)ncnc5[nH]4)cc3)c2)C1. The fourth-order valence-electron chi connectivity index (χ4n) is 5.69. The Morgan fingerprint density at radius 1 is 1.07 bits per heavy atom. The maximum Gasteiger partial charge on any atom is 0.243 e. The van der Waals surface area contributed by atoms with Crippen LogP contribution in [0.15, 0.2) is 73.6 Å². The van der Waals surface area contributed by atoms with E-state index in [1.54, 1.807) is 18.5 Å². The van der Waals surface area contributed by atoms with Crippen LogP contribution in [0.1, 0.15) is 18.4 Å². The highest BCUT2D eigenvalue weighted by molar-refractivity contribution is 7.91. The molecule has 0 radical (unpaired) electrons. The van der Waals surface area contributed by atoms with Crippen molar-refractivity contribution in [1.29, 1.82) is 0 Å². The van der Waals surface area contributed by atoms with Gasteiger partial charge in [-0.3, -0.25) is 9.52 Å². The second-order valence-electron chi connectivity index (χ2n) is 10.8. The van der Waals surface area contributed by atoms with Crippen LogP contribution in [0, 0.1) is 0 Å². The Morgan fingerprint density at radius 2 is 1.88 bits per heavy atom. The first kappa shape index (κ1) is 28.7. The van der Waals surface area contributed by atoms with Crippen molar-refractivity contribution in [2.24, 2.45) is 0 Å². The average molecular weight is 602 g/mol. The van der Waals surface area contributed by atoms with E-state index in [1.807, 2.05) is 42.5 Å². The molecule has 11 nitrogen and oxygen atoms in total.